The second kappa shape index (κ2) is 34.4. The Bertz CT molecular complexity index is 2910. The lowest BCUT2D eigenvalue weighted by atomic mass is 9.79. The molecule has 0 saturated heterocycles. The van der Waals surface area contributed by atoms with Gasteiger partial charge in [0.15, 0.2) is 5.60 Å². The molecule has 464 valence electrons. The van der Waals surface area contributed by atoms with Crippen molar-refractivity contribution >= 4 is 47.4 Å². The van der Waals surface area contributed by atoms with Gasteiger partial charge >= 0.3 is 24.0 Å². The molecule has 0 heterocycles. The van der Waals surface area contributed by atoms with Gasteiger partial charge in [0, 0.05) is 53.4 Å². The fourth-order valence-electron chi connectivity index (χ4n) is 11.1. The first-order valence-electron chi connectivity index (χ1n) is 31.5. The summed E-state index contributed by atoms with van der Waals surface area (Å²) in [5.41, 5.74) is 4.37. The number of hydrogen-bond donors (Lipinski definition) is 3. The number of alkyl carbamates (subject to hydrolysis) is 1. The van der Waals surface area contributed by atoms with Crippen LogP contribution in [0.1, 0.15) is 216 Å². The summed E-state index contributed by atoms with van der Waals surface area (Å²) >= 11 is 7.02. The molecule has 0 saturated carbocycles. The normalized spacial score (nSPS) is 13.5. The molecular weight excluding hydrogens is 1100 g/mol. The molecule has 86 heavy (non-hydrogen) atoms. The van der Waals surface area contributed by atoms with Gasteiger partial charge in [-0.2, -0.15) is 0 Å². The zero-order valence-electron chi connectivity index (χ0n) is 52.1. The molecule has 5 aromatic rings. The number of esters is 3. The zero-order valence-corrected chi connectivity index (χ0v) is 52.8. The average Bonchev–Trinajstić information content (AvgIpc) is 1.05. The van der Waals surface area contributed by atoms with Crippen LogP contribution >= 0.6 is 11.6 Å². The lowest BCUT2D eigenvalue weighted by Crippen LogP contribution is -2.46. The summed E-state index contributed by atoms with van der Waals surface area (Å²) in [6, 6.07) is 38.3. The van der Waals surface area contributed by atoms with Crippen molar-refractivity contribution in [2.75, 3.05) is 13.2 Å². The van der Waals surface area contributed by atoms with Gasteiger partial charge in [0.2, 0.25) is 11.8 Å². The number of carbonyl (C=O) groups excluding carboxylic acids is 6. The first-order chi connectivity index (χ1) is 41.2. The number of amides is 3. The van der Waals surface area contributed by atoms with Crippen molar-refractivity contribution in [3.63, 3.8) is 0 Å². The Balaban J connectivity index is 0.988. The SMILES string of the molecule is Cc1ccc(C(OC(=O)[C@H](CCCCNC(=O)CC[C@H](NC(=O)CCCCCCCCCCCCCCCCC(=O)OC(C)(C)C)C(=O)OC(C)(C)C)NC(=O)OCC2c3ccccc3-c3ccccc32)(c2ccccc2)c2ccccc2Cl)cc1. The van der Waals surface area contributed by atoms with E-state index in [-0.39, 0.29) is 62.5 Å². The molecule has 14 heteroatoms. The highest BCUT2D eigenvalue weighted by Gasteiger charge is 2.44. The largest absolute Gasteiger partial charge is 0.460 e. The first-order valence-corrected chi connectivity index (χ1v) is 31.8. The van der Waals surface area contributed by atoms with E-state index in [1.807, 2.05) is 137 Å². The minimum atomic E-state index is -1.53. The molecule has 1 unspecified atom stereocenters. The third kappa shape index (κ3) is 22.1. The Hall–Kier alpha value is -6.99. The summed E-state index contributed by atoms with van der Waals surface area (Å²) in [6.07, 6.45) is 16.4. The standard InChI is InChI=1S/C72H94ClN3O10/c1-52-44-46-54(47-45-52)72(53-33-21-20-22-34-53,60-39-29-30-40-61(60)73)86-68(81)62(76-69(82)83-51-59-57-37-27-25-35-55(57)56-36-26-28-38-58(56)59)41-31-32-50-74-64(77)49-48-63(67(80)85-71(5,6)7)75-65(78)42-23-18-16-14-12-10-8-9-11-13-15-17-19-24-43-66(79)84-70(2,3)4/h20-22,25-30,33-40,44-47,59,62-63H,8-19,23-24,31-32,41-43,48-51H2,1-7H3,(H,74,77)(H,75,78)(H,76,82)/t62-,63-,72?/m0/s1. The Morgan fingerprint density at radius 1 is 0.477 bits per heavy atom. The number of fused-ring (bicyclic) bond motifs is 3. The van der Waals surface area contributed by atoms with Gasteiger partial charge in [-0.3, -0.25) is 14.4 Å². The van der Waals surface area contributed by atoms with E-state index < -0.39 is 46.9 Å². The molecule has 3 atom stereocenters. The van der Waals surface area contributed by atoms with E-state index in [1.165, 1.54) is 44.9 Å². The predicted octanol–water partition coefficient (Wildman–Crippen LogP) is 15.9. The smallest absolute Gasteiger partial charge is 0.407 e. The molecule has 0 aliphatic heterocycles. The van der Waals surface area contributed by atoms with Crippen LogP contribution in [-0.2, 0) is 48.5 Å². The Labute approximate surface area is 516 Å². The molecule has 3 N–H and O–H groups in total. The minimum Gasteiger partial charge on any atom is -0.460 e. The lowest BCUT2D eigenvalue weighted by molar-refractivity contribution is -0.159. The van der Waals surface area contributed by atoms with Crippen molar-refractivity contribution in [3.8, 4) is 11.1 Å². The van der Waals surface area contributed by atoms with Crippen LogP contribution in [0.3, 0.4) is 0 Å². The van der Waals surface area contributed by atoms with Crippen LogP contribution in [0.25, 0.3) is 11.1 Å². The molecule has 6 rings (SSSR count). The highest BCUT2D eigenvalue weighted by atomic mass is 35.5. The van der Waals surface area contributed by atoms with Crippen molar-refractivity contribution in [2.45, 2.75) is 218 Å². The third-order valence-electron chi connectivity index (χ3n) is 15.4. The summed E-state index contributed by atoms with van der Waals surface area (Å²) in [4.78, 5) is 80.9. The highest BCUT2D eigenvalue weighted by molar-refractivity contribution is 6.31. The molecule has 13 nitrogen and oxygen atoms in total. The second-order valence-corrected chi connectivity index (χ2v) is 25.3. The predicted molar refractivity (Wildman–Crippen MR) is 341 cm³/mol. The van der Waals surface area contributed by atoms with Gasteiger partial charge in [0.25, 0.3) is 0 Å². The molecule has 0 aromatic heterocycles. The number of carbonyl (C=O) groups is 6. The highest BCUT2D eigenvalue weighted by Crippen LogP contribution is 2.46. The molecule has 0 fully saturated rings. The average molecular weight is 1200 g/mol. The second-order valence-electron chi connectivity index (χ2n) is 24.9. The van der Waals surface area contributed by atoms with Gasteiger partial charge in [-0.15, -0.1) is 0 Å². The summed E-state index contributed by atoms with van der Waals surface area (Å²) in [6.45, 7) is 13.2. The van der Waals surface area contributed by atoms with Gasteiger partial charge in [0.05, 0.1) is 0 Å². The number of unbranched alkanes of at least 4 members (excludes halogenated alkanes) is 14. The third-order valence-corrected chi connectivity index (χ3v) is 15.8. The molecule has 5 aromatic carbocycles. The van der Waals surface area contributed by atoms with E-state index in [1.54, 1.807) is 26.8 Å². The number of rotatable bonds is 35. The maximum absolute atomic E-state index is 15.1. The van der Waals surface area contributed by atoms with E-state index in [9.17, 15) is 24.0 Å². The molecular formula is C72H94ClN3O10. The number of nitrogens with one attached hydrogen (secondary N) is 3. The monoisotopic (exact) mass is 1200 g/mol. The fraction of sp³-hybridized carbons (Fsp3) is 0.500. The quantitative estimate of drug-likeness (QED) is 0.0153. The maximum Gasteiger partial charge on any atom is 0.407 e. The van der Waals surface area contributed by atoms with Crippen molar-refractivity contribution in [2.24, 2.45) is 0 Å². The van der Waals surface area contributed by atoms with Gasteiger partial charge in [-0.25, -0.2) is 14.4 Å². The van der Waals surface area contributed by atoms with E-state index in [2.05, 4.69) is 28.1 Å². The zero-order chi connectivity index (χ0) is 62.0. The maximum atomic E-state index is 15.1. The van der Waals surface area contributed by atoms with E-state index >= 15 is 4.79 Å². The van der Waals surface area contributed by atoms with Gasteiger partial charge in [-0.05, 0) is 115 Å². The summed E-state index contributed by atoms with van der Waals surface area (Å²) < 4.78 is 23.8. The van der Waals surface area contributed by atoms with Crippen LogP contribution in [0.5, 0.6) is 0 Å². The van der Waals surface area contributed by atoms with Crippen molar-refractivity contribution in [3.05, 3.63) is 166 Å². The van der Waals surface area contributed by atoms with Crippen LogP contribution < -0.4 is 16.0 Å². The number of aryl methyl sites for hydroxylation is 1. The lowest BCUT2D eigenvalue weighted by Gasteiger charge is -2.37. The number of halogens is 1. The summed E-state index contributed by atoms with van der Waals surface area (Å²) in [5.74, 6) is -2.19. The van der Waals surface area contributed by atoms with E-state index in [4.69, 9.17) is 30.5 Å². The summed E-state index contributed by atoms with van der Waals surface area (Å²) in [5, 5.41) is 9.03. The number of ether oxygens (including phenoxy) is 4. The van der Waals surface area contributed by atoms with Gasteiger partial charge < -0.3 is 34.9 Å². The van der Waals surface area contributed by atoms with E-state index in [0.717, 1.165) is 66.3 Å². The Morgan fingerprint density at radius 2 is 0.965 bits per heavy atom. The number of benzene rings is 5. The van der Waals surface area contributed by atoms with Crippen LogP contribution in [0, 0.1) is 6.92 Å². The van der Waals surface area contributed by atoms with Crippen LogP contribution in [-0.4, -0.2) is 72.3 Å². The van der Waals surface area contributed by atoms with Crippen molar-refractivity contribution < 1.29 is 47.7 Å². The molecule has 1 aliphatic rings. The summed E-state index contributed by atoms with van der Waals surface area (Å²) in [7, 11) is 0. The molecule has 3 amide bonds. The van der Waals surface area contributed by atoms with Crippen LogP contribution in [0.2, 0.25) is 5.02 Å². The van der Waals surface area contributed by atoms with Gasteiger partial charge in [-0.1, -0.05) is 216 Å². The molecule has 1 aliphatic carbocycles. The minimum absolute atomic E-state index is 0.0371. The van der Waals surface area contributed by atoms with E-state index in [0.29, 0.717) is 47.4 Å². The Kier molecular flexibility index (Phi) is 27.2. The molecule has 0 radical (unpaired) electrons. The fourth-order valence-corrected chi connectivity index (χ4v) is 11.4. The van der Waals surface area contributed by atoms with Crippen molar-refractivity contribution in [1.82, 2.24) is 16.0 Å². The van der Waals surface area contributed by atoms with Crippen LogP contribution in [0.15, 0.2) is 127 Å². The topological polar surface area (TPSA) is 175 Å². The first kappa shape index (κ1) is 68.1. The molecule has 0 bridgehead atoms. The number of hydrogen-bond acceptors (Lipinski definition) is 10. The molecule has 0 spiro atoms. The van der Waals surface area contributed by atoms with Gasteiger partial charge in [0.1, 0.15) is 29.9 Å². The van der Waals surface area contributed by atoms with Crippen molar-refractivity contribution in [1.29, 1.82) is 0 Å². The van der Waals surface area contributed by atoms with Crippen LogP contribution in [0.4, 0.5) is 4.79 Å². The Morgan fingerprint density at radius 3 is 1.53 bits per heavy atom.